The van der Waals surface area contributed by atoms with E-state index in [0.717, 1.165) is 13.0 Å². The molecule has 0 spiro atoms. The van der Waals surface area contributed by atoms with Gasteiger partial charge in [0.1, 0.15) is 0 Å². The van der Waals surface area contributed by atoms with E-state index in [1.54, 1.807) is 6.20 Å². The Balaban J connectivity index is 2.25. The molecule has 0 saturated heterocycles. The van der Waals surface area contributed by atoms with Crippen LogP contribution in [0.25, 0.3) is 0 Å². The molecular formula is C9H14N2O. The van der Waals surface area contributed by atoms with Gasteiger partial charge in [0.15, 0.2) is 0 Å². The first kappa shape index (κ1) is 8.97. The first-order valence-electron chi connectivity index (χ1n) is 4.19. The molecule has 1 aromatic heterocycles. The highest BCUT2D eigenvalue weighted by atomic mass is 16.5. The van der Waals surface area contributed by atoms with Crippen LogP contribution in [0.5, 0.6) is 5.88 Å². The van der Waals surface area contributed by atoms with Crippen LogP contribution < -0.4 is 4.74 Å². The lowest BCUT2D eigenvalue weighted by Crippen LogP contribution is -2.02. The van der Waals surface area contributed by atoms with Crippen LogP contribution in [-0.4, -0.2) is 16.8 Å². The molecule has 66 valence electrons. The highest BCUT2D eigenvalue weighted by Gasteiger charge is 1.96. The van der Waals surface area contributed by atoms with E-state index in [9.17, 15) is 0 Å². The van der Waals surface area contributed by atoms with Crippen LogP contribution >= 0.6 is 0 Å². The van der Waals surface area contributed by atoms with Gasteiger partial charge in [0, 0.05) is 12.3 Å². The molecule has 1 rings (SSSR count). The van der Waals surface area contributed by atoms with Crippen molar-refractivity contribution in [1.82, 2.24) is 10.2 Å². The van der Waals surface area contributed by atoms with Gasteiger partial charge in [-0.05, 0) is 18.4 Å². The Morgan fingerprint density at radius 1 is 1.50 bits per heavy atom. The Morgan fingerprint density at radius 3 is 2.92 bits per heavy atom. The molecule has 0 aliphatic heterocycles. The summed E-state index contributed by atoms with van der Waals surface area (Å²) in [5.41, 5.74) is 0. The topological polar surface area (TPSA) is 35.0 Å². The average molecular weight is 166 g/mol. The number of hydrogen-bond acceptors (Lipinski definition) is 3. The Kier molecular flexibility index (Phi) is 3.51. The maximum absolute atomic E-state index is 5.34. The monoisotopic (exact) mass is 166 g/mol. The molecule has 0 radical (unpaired) electrons. The molecular weight excluding hydrogens is 152 g/mol. The normalized spacial score (nSPS) is 10.2. The summed E-state index contributed by atoms with van der Waals surface area (Å²) in [7, 11) is 0. The van der Waals surface area contributed by atoms with Gasteiger partial charge in [0.2, 0.25) is 5.88 Å². The Bertz CT molecular complexity index is 211. The zero-order valence-electron chi connectivity index (χ0n) is 7.53. The lowest BCUT2D eigenvalue weighted by molar-refractivity contribution is 0.276. The maximum atomic E-state index is 5.34. The van der Waals surface area contributed by atoms with Gasteiger partial charge in [0.05, 0.1) is 6.61 Å². The molecule has 12 heavy (non-hydrogen) atoms. The fourth-order valence-corrected chi connectivity index (χ4v) is 0.764. The minimum absolute atomic E-state index is 0.609. The Morgan fingerprint density at radius 2 is 2.33 bits per heavy atom. The van der Waals surface area contributed by atoms with Crippen molar-refractivity contribution in [2.75, 3.05) is 6.61 Å². The number of hydrogen-bond donors (Lipinski definition) is 0. The van der Waals surface area contributed by atoms with E-state index in [0.29, 0.717) is 11.8 Å². The second-order valence-electron chi connectivity index (χ2n) is 3.09. The van der Waals surface area contributed by atoms with Crippen molar-refractivity contribution in [3.63, 3.8) is 0 Å². The molecule has 0 amide bonds. The fraction of sp³-hybridized carbons (Fsp3) is 0.556. The number of ether oxygens (including phenoxy) is 1. The molecule has 1 aromatic rings. The maximum Gasteiger partial charge on any atom is 0.233 e. The molecule has 3 heteroatoms. The summed E-state index contributed by atoms with van der Waals surface area (Å²) in [4.78, 5) is 0. The van der Waals surface area contributed by atoms with Crippen LogP contribution in [0, 0.1) is 5.92 Å². The van der Waals surface area contributed by atoms with Gasteiger partial charge in [-0.15, -0.1) is 5.10 Å². The molecule has 0 N–H and O–H groups in total. The van der Waals surface area contributed by atoms with Gasteiger partial charge in [-0.3, -0.25) is 0 Å². The summed E-state index contributed by atoms with van der Waals surface area (Å²) in [5.74, 6) is 1.28. The van der Waals surface area contributed by atoms with E-state index in [2.05, 4.69) is 24.0 Å². The minimum atomic E-state index is 0.609. The van der Waals surface area contributed by atoms with Crippen LogP contribution in [0.1, 0.15) is 20.3 Å². The third kappa shape index (κ3) is 3.32. The molecule has 0 fully saturated rings. The third-order valence-electron chi connectivity index (χ3n) is 1.49. The molecule has 0 aromatic carbocycles. The van der Waals surface area contributed by atoms with E-state index in [4.69, 9.17) is 4.74 Å². The van der Waals surface area contributed by atoms with Crippen LogP contribution in [0.15, 0.2) is 18.3 Å². The minimum Gasteiger partial charge on any atom is -0.477 e. The summed E-state index contributed by atoms with van der Waals surface area (Å²) >= 11 is 0. The summed E-state index contributed by atoms with van der Waals surface area (Å²) in [5, 5.41) is 7.51. The number of rotatable bonds is 4. The van der Waals surface area contributed by atoms with Gasteiger partial charge in [-0.2, -0.15) is 5.10 Å². The predicted molar refractivity (Wildman–Crippen MR) is 47.0 cm³/mol. The lowest BCUT2D eigenvalue weighted by Gasteiger charge is -2.05. The quantitative estimate of drug-likeness (QED) is 0.685. The van der Waals surface area contributed by atoms with Crippen molar-refractivity contribution in [2.45, 2.75) is 20.3 Å². The predicted octanol–water partition coefficient (Wildman–Crippen LogP) is 1.90. The molecule has 3 nitrogen and oxygen atoms in total. The number of aromatic nitrogens is 2. The SMILES string of the molecule is CC(C)CCOc1cccnn1. The lowest BCUT2D eigenvalue weighted by atomic mass is 10.1. The van der Waals surface area contributed by atoms with Gasteiger partial charge in [-0.1, -0.05) is 13.8 Å². The van der Waals surface area contributed by atoms with Crippen LogP contribution in [0.3, 0.4) is 0 Å². The first-order valence-corrected chi connectivity index (χ1v) is 4.19. The summed E-state index contributed by atoms with van der Waals surface area (Å²) < 4.78 is 5.34. The highest BCUT2D eigenvalue weighted by molar-refractivity contribution is 5.04. The second-order valence-corrected chi connectivity index (χ2v) is 3.09. The van der Waals surface area contributed by atoms with Crippen LogP contribution in [0.4, 0.5) is 0 Å². The standard InChI is InChI=1S/C9H14N2O/c1-8(2)5-7-12-9-4-3-6-10-11-9/h3-4,6,8H,5,7H2,1-2H3. The van der Waals surface area contributed by atoms with Crippen molar-refractivity contribution in [1.29, 1.82) is 0 Å². The van der Waals surface area contributed by atoms with Crippen molar-refractivity contribution >= 4 is 0 Å². The van der Waals surface area contributed by atoms with E-state index < -0.39 is 0 Å². The summed E-state index contributed by atoms with van der Waals surface area (Å²) in [6, 6.07) is 3.63. The average Bonchev–Trinajstić information content (AvgIpc) is 2.05. The van der Waals surface area contributed by atoms with Gasteiger partial charge >= 0.3 is 0 Å². The van der Waals surface area contributed by atoms with Crippen LogP contribution in [-0.2, 0) is 0 Å². The molecule has 0 aliphatic rings. The highest BCUT2D eigenvalue weighted by Crippen LogP contribution is 2.04. The van der Waals surface area contributed by atoms with Gasteiger partial charge < -0.3 is 4.74 Å². The second kappa shape index (κ2) is 4.70. The van der Waals surface area contributed by atoms with Crippen molar-refractivity contribution in [3.05, 3.63) is 18.3 Å². The molecule has 1 heterocycles. The summed E-state index contributed by atoms with van der Waals surface area (Å²) in [6.45, 7) is 5.05. The molecule has 0 bridgehead atoms. The van der Waals surface area contributed by atoms with E-state index >= 15 is 0 Å². The first-order chi connectivity index (χ1) is 5.79. The van der Waals surface area contributed by atoms with E-state index in [1.165, 1.54) is 0 Å². The fourth-order valence-electron chi connectivity index (χ4n) is 0.764. The molecule has 0 atom stereocenters. The van der Waals surface area contributed by atoms with E-state index in [-0.39, 0.29) is 0 Å². The Hall–Kier alpha value is -1.12. The largest absolute Gasteiger partial charge is 0.477 e. The molecule has 0 unspecified atom stereocenters. The zero-order valence-corrected chi connectivity index (χ0v) is 7.53. The Labute approximate surface area is 72.8 Å². The summed E-state index contributed by atoms with van der Waals surface area (Å²) in [6.07, 6.45) is 2.69. The van der Waals surface area contributed by atoms with E-state index in [1.807, 2.05) is 12.1 Å². The van der Waals surface area contributed by atoms with Crippen molar-refractivity contribution in [3.8, 4) is 5.88 Å². The molecule has 0 aliphatic carbocycles. The van der Waals surface area contributed by atoms with Crippen LogP contribution in [0.2, 0.25) is 0 Å². The van der Waals surface area contributed by atoms with Gasteiger partial charge in [-0.25, -0.2) is 0 Å². The van der Waals surface area contributed by atoms with Crippen molar-refractivity contribution < 1.29 is 4.74 Å². The molecule has 0 saturated carbocycles. The zero-order chi connectivity index (χ0) is 8.81. The van der Waals surface area contributed by atoms with Crippen molar-refractivity contribution in [2.24, 2.45) is 5.92 Å². The number of nitrogens with zero attached hydrogens (tertiary/aromatic N) is 2. The third-order valence-corrected chi connectivity index (χ3v) is 1.49. The smallest absolute Gasteiger partial charge is 0.233 e. The van der Waals surface area contributed by atoms with Gasteiger partial charge in [0.25, 0.3) is 0 Å².